The minimum absolute atomic E-state index is 0.486. The van der Waals surface area contributed by atoms with Gasteiger partial charge in [-0.05, 0) is 38.1 Å². The van der Waals surface area contributed by atoms with Gasteiger partial charge in [0.2, 0.25) is 5.88 Å². The summed E-state index contributed by atoms with van der Waals surface area (Å²) in [4.78, 5) is 6.84. The second-order valence-corrected chi connectivity index (χ2v) is 4.98. The van der Waals surface area contributed by atoms with Crippen LogP contribution in [-0.4, -0.2) is 43.2 Å². The summed E-state index contributed by atoms with van der Waals surface area (Å²) in [5, 5.41) is 3.33. The zero-order chi connectivity index (χ0) is 13.5. The molecule has 1 aliphatic heterocycles. The van der Waals surface area contributed by atoms with E-state index in [0.29, 0.717) is 11.6 Å². The Hall–Kier alpha value is -1.49. The van der Waals surface area contributed by atoms with Crippen molar-refractivity contribution in [2.75, 3.05) is 44.3 Å². The number of anilines is 2. The van der Waals surface area contributed by atoms with Gasteiger partial charge in [-0.1, -0.05) is 12.8 Å². The summed E-state index contributed by atoms with van der Waals surface area (Å²) in [6.45, 7) is 4.41. The number of ether oxygens (including phenoxy) is 1. The third kappa shape index (κ3) is 4.28. The van der Waals surface area contributed by atoms with Gasteiger partial charge in [0.25, 0.3) is 0 Å². The lowest BCUT2D eigenvalue weighted by atomic mass is 10.2. The summed E-state index contributed by atoms with van der Waals surface area (Å²) >= 11 is 0. The number of hydrogen-bond donors (Lipinski definition) is 2. The van der Waals surface area contributed by atoms with Crippen LogP contribution in [-0.2, 0) is 0 Å². The molecule has 1 aromatic rings. The Bertz CT molecular complexity index is 389. The first kappa shape index (κ1) is 13.9. The first-order chi connectivity index (χ1) is 9.29. The van der Waals surface area contributed by atoms with E-state index < -0.39 is 0 Å². The number of rotatable bonds is 5. The lowest BCUT2D eigenvalue weighted by molar-refractivity contribution is 0.296. The fraction of sp³-hybridized carbons (Fsp3) is 0.643. The molecule has 2 rings (SSSR count). The van der Waals surface area contributed by atoms with E-state index in [1.807, 2.05) is 12.1 Å². The highest BCUT2D eigenvalue weighted by atomic mass is 16.5. The van der Waals surface area contributed by atoms with Crippen LogP contribution in [0.4, 0.5) is 11.5 Å². The molecule has 0 atom stereocenters. The molecular weight excluding hydrogens is 240 g/mol. The maximum atomic E-state index is 5.74. The Morgan fingerprint density at radius 2 is 2.00 bits per heavy atom. The van der Waals surface area contributed by atoms with Gasteiger partial charge in [-0.25, -0.2) is 0 Å². The Morgan fingerprint density at radius 3 is 2.68 bits per heavy atom. The molecule has 1 aromatic heterocycles. The number of hydrogen-bond acceptors (Lipinski definition) is 5. The molecule has 2 heterocycles. The average molecular weight is 264 g/mol. The monoisotopic (exact) mass is 264 g/mol. The standard InChI is InChI=1S/C14H24N4O/c1-19-14-12(15)6-7-13(17-14)16-8-11-18-9-4-2-3-5-10-18/h6-7H,2-5,8-11,15H2,1H3,(H,16,17). The minimum Gasteiger partial charge on any atom is -0.479 e. The van der Waals surface area contributed by atoms with Crippen LogP contribution in [0, 0.1) is 0 Å². The molecule has 1 aliphatic rings. The molecular formula is C14H24N4O. The van der Waals surface area contributed by atoms with E-state index in [9.17, 15) is 0 Å². The van der Waals surface area contributed by atoms with Crippen LogP contribution in [0.15, 0.2) is 12.1 Å². The topological polar surface area (TPSA) is 63.4 Å². The molecule has 0 aromatic carbocycles. The van der Waals surface area contributed by atoms with Crippen LogP contribution in [0.1, 0.15) is 25.7 Å². The smallest absolute Gasteiger partial charge is 0.238 e. The third-order valence-electron chi connectivity index (χ3n) is 3.52. The van der Waals surface area contributed by atoms with E-state index in [1.165, 1.54) is 38.8 Å². The Balaban J connectivity index is 1.78. The molecule has 3 N–H and O–H groups in total. The van der Waals surface area contributed by atoms with Gasteiger partial charge in [0.05, 0.1) is 12.8 Å². The summed E-state index contributed by atoms with van der Waals surface area (Å²) in [7, 11) is 1.58. The van der Waals surface area contributed by atoms with Crippen LogP contribution in [0.2, 0.25) is 0 Å². The van der Waals surface area contributed by atoms with E-state index in [2.05, 4.69) is 15.2 Å². The molecule has 5 nitrogen and oxygen atoms in total. The van der Waals surface area contributed by atoms with Crippen molar-refractivity contribution in [2.24, 2.45) is 0 Å². The maximum absolute atomic E-state index is 5.74. The second-order valence-electron chi connectivity index (χ2n) is 4.98. The molecule has 19 heavy (non-hydrogen) atoms. The van der Waals surface area contributed by atoms with E-state index in [1.54, 1.807) is 7.11 Å². The first-order valence-electron chi connectivity index (χ1n) is 7.06. The molecule has 0 radical (unpaired) electrons. The zero-order valence-corrected chi connectivity index (χ0v) is 11.7. The highest BCUT2D eigenvalue weighted by molar-refractivity contribution is 5.53. The van der Waals surface area contributed by atoms with Crippen LogP contribution in [0.25, 0.3) is 0 Å². The number of nitrogens with two attached hydrogens (primary N) is 1. The van der Waals surface area contributed by atoms with Gasteiger partial charge in [-0.15, -0.1) is 0 Å². The largest absolute Gasteiger partial charge is 0.479 e. The Kier molecular flexibility index (Phi) is 5.27. The number of pyridine rings is 1. The molecule has 0 saturated carbocycles. The van der Waals surface area contributed by atoms with Gasteiger partial charge < -0.3 is 20.7 Å². The molecule has 0 unspecified atom stereocenters. The van der Waals surface area contributed by atoms with Gasteiger partial charge in [0.15, 0.2) is 0 Å². The van der Waals surface area contributed by atoms with Crippen molar-refractivity contribution < 1.29 is 4.74 Å². The zero-order valence-electron chi connectivity index (χ0n) is 11.7. The molecule has 5 heteroatoms. The van der Waals surface area contributed by atoms with Gasteiger partial charge in [0, 0.05) is 13.1 Å². The normalized spacial score (nSPS) is 16.9. The third-order valence-corrected chi connectivity index (χ3v) is 3.52. The fourth-order valence-electron chi connectivity index (χ4n) is 2.42. The lowest BCUT2D eigenvalue weighted by Crippen LogP contribution is -2.30. The molecule has 0 spiro atoms. The van der Waals surface area contributed by atoms with Crippen molar-refractivity contribution in [1.82, 2.24) is 9.88 Å². The number of nitrogens with one attached hydrogen (secondary N) is 1. The number of nitrogen functional groups attached to an aromatic ring is 1. The summed E-state index contributed by atoms with van der Waals surface area (Å²) in [5.74, 6) is 1.31. The van der Waals surface area contributed by atoms with Crippen LogP contribution >= 0.6 is 0 Å². The van der Waals surface area contributed by atoms with E-state index in [0.717, 1.165) is 18.9 Å². The molecule has 106 valence electrons. The molecule has 0 amide bonds. The predicted octanol–water partition coefficient (Wildman–Crippen LogP) is 1.96. The molecule has 1 saturated heterocycles. The molecule has 1 fully saturated rings. The average Bonchev–Trinajstić information content (AvgIpc) is 2.69. The molecule has 0 aliphatic carbocycles. The number of likely N-dealkylation sites (tertiary alicyclic amines) is 1. The highest BCUT2D eigenvalue weighted by Crippen LogP contribution is 2.19. The van der Waals surface area contributed by atoms with Crippen molar-refractivity contribution >= 4 is 11.5 Å². The van der Waals surface area contributed by atoms with Gasteiger partial charge >= 0.3 is 0 Å². The summed E-state index contributed by atoms with van der Waals surface area (Å²) in [6, 6.07) is 3.71. The van der Waals surface area contributed by atoms with Crippen molar-refractivity contribution in [2.45, 2.75) is 25.7 Å². The summed E-state index contributed by atoms with van der Waals surface area (Å²) in [6.07, 6.45) is 5.41. The van der Waals surface area contributed by atoms with Crippen LogP contribution in [0.3, 0.4) is 0 Å². The van der Waals surface area contributed by atoms with Crippen molar-refractivity contribution in [3.05, 3.63) is 12.1 Å². The van der Waals surface area contributed by atoms with Crippen LogP contribution < -0.4 is 15.8 Å². The first-order valence-corrected chi connectivity index (χ1v) is 7.06. The molecule has 0 bridgehead atoms. The number of methoxy groups -OCH3 is 1. The second kappa shape index (κ2) is 7.19. The van der Waals surface area contributed by atoms with E-state index in [4.69, 9.17) is 10.5 Å². The summed E-state index contributed by atoms with van der Waals surface area (Å²) in [5.41, 5.74) is 6.31. The van der Waals surface area contributed by atoms with Gasteiger partial charge in [-0.3, -0.25) is 0 Å². The Labute approximate surface area is 115 Å². The lowest BCUT2D eigenvalue weighted by Gasteiger charge is -2.20. The van der Waals surface area contributed by atoms with Crippen molar-refractivity contribution in [3.8, 4) is 5.88 Å². The maximum Gasteiger partial charge on any atom is 0.238 e. The SMILES string of the molecule is COc1nc(NCCN2CCCCCC2)ccc1N. The number of nitrogens with zero attached hydrogens (tertiary/aromatic N) is 2. The summed E-state index contributed by atoms with van der Waals surface area (Å²) < 4.78 is 5.11. The predicted molar refractivity (Wildman–Crippen MR) is 78.6 cm³/mol. The van der Waals surface area contributed by atoms with Gasteiger partial charge in [0.1, 0.15) is 5.82 Å². The van der Waals surface area contributed by atoms with Crippen LogP contribution in [0.5, 0.6) is 5.88 Å². The van der Waals surface area contributed by atoms with E-state index in [-0.39, 0.29) is 0 Å². The minimum atomic E-state index is 0.486. The van der Waals surface area contributed by atoms with E-state index >= 15 is 0 Å². The highest BCUT2D eigenvalue weighted by Gasteiger charge is 2.08. The van der Waals surface area contributed by atoms with Crippen molar-refractivity contribution in [1.29, 1.82) is 0 Å². The number of aromatic nitrogens is 1. The quantitative estimate of drug-likeness (QED) is 0.851. The van der Waals surface area contributed by atoms with Gasteiger partial charge in [-0.2, -0.15) is 4.98 Å². The van der Waals surface area contributed by atoms with Crippen molar-refractivity contribution in [3.63, 3.8) is 0 Å². The Morgan fingerprint density at radius 1 is 1.26 bits per heavy atom. The fourth-order valence-corrected chi connectivity index (χ4v) is 2.42.